The zero-order valence-electron chi connectivity index (χ0n) is 14.5. The van der Waals surface area contributed by atoms with Crippen molar-refractivity contribution in [3.8, 4) is 0 Å². The molecule has 1 atom stereocenters. The van der Waals surface area contributed by atoms with E-state index in [1.165, 1.54) is 18.2 Å². The molecule has 6 heteroatoms. The Hall–Kier alpha value is -2.40. The van der Waals surface area contributed by atoms with Gasteiger partial charge in [-0.05, 0) is 55.7 Å². The molecule has 4 nitrogen and oxygen atoms in total. The van der Waals surface area contributed by atoms with E-state index in [-0.39, 0.29) is 11.5 Å². The Balaban J connectivity index is 1.62. The highest BCUT2D eigenvalue weighted by molar-refractivity contribution is 6.30. The number of nitrogens with zero attached hydrogens (tertiary/aromatic N) is 1. The third-order valence-corrected chi connectivity index (χ3v) is 4.91. The summed E-state index contributed by atoms with van der Waals surface area (Å²) < 4.78 is 13.3. The highest BCUT2D eigenvalue weighted by atomic mass is 35.5. The lowest BCUT2D eigenvalue weighted by atomic mass is 10.00. The molecular weight excluding hydrogens is 355 g/mol. The summed E-state index contributed by atoms with van der Waals surface area (Å²) in [6.45, 7) is 2.84. The van der Waals surface area contributed by atoms with Gasteiger partial charge in [0.15, 0.2) is 0 Å². The summed E-state index contributed by atoms with van der Waals surface area (Å²) in [5, 5.41) is 3.44. The van der Waals surface area contributed by atoms with Crippen molar-refractivity contribution in [2.24, 2.45) is 0 Å². The molecule has 1 N–H and O–H groups in total. The molecule has 1 heterocycles. The molecule has 1 unspecified atom stereocenters. The van der Waals surface area contributed by atoms with Gasteiger partial charge in [-0.3, -0.25) is 9.59 Å². The highest BCUT2D eigenvalue weighted by Crippen LogP contribution is 2.24. The summed E-state index contributed by atoms with van der Waals surface area (Å²) in [5.74, 6) is -1.05. The second kappa shape index (κ2) is 7.46. The van der Waals surface area contributed by atoms with Crippen LogP contribution in [0.25, 0.3) is 0 Å². The van der Waals surface area contributed by atoms with Crippen molar-refractivity contribution < 1.29 is 14.0 Å². The van der Waals surface area contributed by atoms with Gasteiger partial charge in [0.25, 0.3) is 5.91 Å². The van der Waals surface area contributed by atoms with E-state index in [1.807, 2.05) is 24.3 Å². The second-order valence-corrected chi connectivity index (χ2v) is 7.16. The van der Waals surface area contributed by atoms with Crippen molar-refractivity contribution >= 4 is 23.4 Å². The van der Waals surface area contributed by atoms with Crippen LogP contribution < -0.4 is 5.32 Å². The number of carbonyl (C=O) groups is 2. The SMILES string of the molecule is CC1(NC(=O)c2cccc(F)c2)CCN(CCc2cccc(Cl)c2)C1=O. The first kappa shape index (κ1) is 18.4. The molecule has 0 aromatic heterocycles. The van der Waals surface area contributed by atoms with E-state index in [9.17, 15) is 14.0 Å². The number of nitrogens with one attached hydrogen (secondary N) is 1. The van der Waals surface area contributed by atoms with Crippen LogP contribution in [-0.4, -0.2) is 35.3 Å². The monoisotopic (exact) mass is 374 g/mol. The number of likely N-dealkylation sites (tertiary alicyclic amines) is 1. The molecule has 1 saturated heterocycles. The summed E-state index contributed by atoms with van der Waals surface area (Å²) in [7, 11) is 0. The first-order valence-electron chi connectivity index (χ1n) is 8.49. The van der Waals surface area contributed by atoms with Crippen LogP contribution in [0.1, 0.15) is 29.3 Å². The normalized spacial score (nSPS) is 19.7. The van der Waals surface area contributed by atoms with Crippen LogP contribution in [0.15, 0.2) is 48.5 Å². The predicted octanol–water partition coefficient (Wildman–Crippen LogP) is 3.44. The number of rotatable bonds is 5. The lowest BCUT2D eigenvalue weighted by molar-refractivity contribution is -0.132. The summed E-state index contributed by atoms with van der Waals surface area (Å²) in [6.07, 6.45) is 1.21. The fraction of sp³-hybridized carbons (Fsp3) is 0.300. The summed E-state index contributed by atoms with van der Waals surface area (Å²) in [5.41, 5.74) is 0.289. The molecule has 3 rings (SSSR count). The molecule has 26 heavy (non-hydrogen) atoms. The van der Waals surface area contributed by atoms with E-state index in [1.54, 1.807) is 11.8 Å². The molecular formula is C20H20ClFN2O2. The minimum Gasteiger partial charge on any atom is -0.340 e. The minimum absolute atomic E-state index is 0.121. The molecule has 2 aromatic carbocycles. The van der Waals surface area contributed by atoms with Crippen LogP contribution in [0.4, 0.5) is 4.39 Å². The molecule has 2 aromatic rings. The molecule has 0 bridgehead atoms. The van der Waals surface area contributed by atoms with Crippen molar-refractivity contribution in [1.82, 2.24) is 10.2 Å². The van der Waals surface area contributed by atoms with Gasteiger partial charge < -0.3 is 10.2 Å². The largest absolute Gasteiger partial charge is 0.340 e. The maximum absolute atomic E-state index is 13.3. The van der Waals surface area contributed by atoms with Gasteiger partial charge in [0.05, 0.1) is 0 Å². The van der Waals surface area contributed by atoms with Crippen LogP contribution in [0.2, 0.25) is 5.02 Å². The van der Waals surface area contributed by atoms with Gasteiger partial charge in [-0.2, -0.15) is 0 Å². The van der Waals surface area contributed by atoms with Gasteiger partial charge in [-0.25, -0.2) is 4.39 Å². The lowest BCUT2D eigenvalue weighted by Crippen LogP contribution is -2.52. The Morgan fingerprint density at radius 2 is 2.04 bits per heavy atom. The quantitative estimate of drug-likeness (QED) is 0.871. The average Bonchev–Trinajstić information content (AvgIpc) is 2.88. The fourth-order valence-corrected chi connectivity index (χ4v) is 3.37. The Morgan fingerprint density at radius 3 is 2.77 bits per heavy atom. The van der Waals surface area contributed by atoms with Crippen LogP contribution in [0.5, 0.6) is 0 Å². The number of hydrogen-bond donors (Lipinski definition) is 1. The maximum Gasteiger partial charge on any atom is 0.252 e. The standard InChI is InChI=1S/C20H20ClFN2O2/c1-20(23-18(25)15-5-3-7-17(22)13-15)9-11-24(19(20)26)10-8-14-4-2-6-16(21)12-14/h2-7,12-13H,8-11H2,1H3,(H,23,25). The number of hydrogen-bond acceptors (Lipinski definition) is 2. The fourth-order valence-electron chi connectivity index (χ4n) is 3.15. The third-order valence-electron chi connectivity index (χ3n) is 4.68. The average molecular weight is 375 g/mol. The third kappa shape index (κ3) is 4.05. The van der Waals surface area contributed by atoms with Gasteiger partial charge in [0.1, 0.15) is 11.4 Å². The van der Waals surface area contributed by atoms with E-state index >= 15 is 0 Å². The first-order valence-corrected chi connectivity index (χ1v) is 8.87. The topological polar surface area (TPSA) is 49.4 Å². The molecule has 1 fully saturated rings. The van der Waals surface area contributed by atoms with Gasteiger partial charge in [0.2, 0.25) is 5.91 Å². The second-order valence-electron chi connectivity index (χ2n) is 6.72. The molecule has 1 aliphatic heterocycles. The Bertz CT molecular complexity index is 842. The molecule has 1 aliphatic rings. The lowest BCUT2D eigenvalue weighted by Gasteiger charge is -2.25. The van der Waals surface area contributed by atoms with Crippen molar-refractivity contribution in [2.45, 2.75) is 25.3 Å². The van der Waals surface area contributed by atoms with Gasteiger partial charge in [-0.1, -0.05) is 29.8 Å². The van der Waals surface area contributed by atoms with E-state index < -0.39 is 17.3 Å². The number of carbonyl (C=O) groups excluding carboxylic acids is 2. The number of amides is 2. The summed E-state index contributed by atoms with van der Waals surface area (Å²) >= 11 is 5.99. The van der Waals surface area contributed by atoms with E-state index in [0.717, 1.165) is 11.6 Å². The van der Waals surface area contributed by atoms with Crippen LogP contribution in [0.3, 0.4) is 0 Å². The molecule has 136 valence electrons. The zero-order chi connectivity index (χ0) is 18.7. The maximum atomic E-state index is 13.3. The molecule has 0 aliphatic carbocycles. The van der Waals surface area contributed by atoms with E-state index in [2.05, 4.69) is 5.32 Å². The predicted molar refractivity (Wildman–Crippen MR) is 98.6 cm³/mol. The van der Waals surface area contributed by atoms with Crippen LogP contribution in [0, 0.1) is 5.82 Å². The summed E-state index contributed by atoms with van der Waals surface area (Å²) in [4.78, 5) is 26.9. The Labute approximate surface area is 157 Å². The molecule has 0 radical (unpaired) electrons. The highest BCUT2D eigenvalue weighted by Gasteiger charge is 2.43. The Morgan fingerprint density at radius 1 is 1.27 bits per heavy atom. The smallest absolute Gasteiger partial charge is 0.252 e. The van der Waals surface area contributed by atoms with Gasteiger partial charge in [0, 0.05) is 23.7 Å². The van der Waals surface area contributed by atoms with Crippen molar-refractivity contribution in [3.63, 3.8) is 0 Å². The van der Waals surface area contributed by atoms with Crippen LogP contribution in [-0.2, 0) is 11.2 Å². The summed E-state index contributed by atoms with van der Waals surface area (Å²) in [6, 6.07) is 13.0. The minimum atomic E-state index is -0.974. The molecule has 2 amide bonds. The number of halogens is 2. The van der Waals surface area contributed by atoms with Crippen molar-refractivity contribution in [2.75, 3.05) is 13.1 Å². The Kier molecular flexibility index (Phi) is 5.28. The van der Waals surface area contributed by atoms with Gasteiger partial charge >= 0.3 is 0 Å². The van der Waals surface area contributed by atoms with Crippen molar-refractivity contribution in [1.29, 1.82) is 0 Å². The van der Waals surface area contributed by atoms with E-state index in [0.29, 0.717) is 31.0 Å². The zero-order valence-corrected chi connectivity index (χ0v) is 15.2. The van der Waals surface area contributed by atoms with Crippen LogP contribution >= 0.6 is 11.6 Å². The van der Waals surface area contributed by atoms with Gasteiger partial charge in [-0.15, -0.1) is 0 Å². The van der Waals surface area contributed by atoms with E-state index in [4.69, 9.17) is 11.6 Å². The molecule has 0 spiro atoms. The van der Waals surface area contributed by atoms with Crippen molar-refractivity contribution in [3.05, 3.63) is 70.5 Å². The first-order chi connectivity index (χ1) is 12.4. The molecule has 0 saturated carbocycles. The number of benzene rings is 2.